The number of hydrogen-bond donors (Lipinski definition) is 1. The first-order valence-electron chi connectivity index (χ1n) is 8.09. The molecule has 0 spiro atoms. The van der Waals surface area contributed by atoms with Gasteiger partial charge in [0.1, 0.15) is 16.9 Å². The van der Waals surface area contributed by atoms with Crippen molar-refractivity contribution in [1.29, 1.82) is 0 Å². The molecule has 0 bridgehead atoms. The SMILES string of the molecule is CN=C(NCc1cccc(OC)c1)N(C)Cc1csc(C(C)OC)n1. The van der Waals surface area contributed by atoms with Crippen LogP contribution in [0.15, 0.2) is 34.6 Å². The van der Waals surface area contributed by atoms with E-state index in [0.717, 1.165) is 28.0 Å². The summed E-state index contributed by atoms with van der Waals surface area (Å²) in [6.45, 7) is 3.36. The van der Waals surface area contributed by atoms with Gasteiger partial charge in [0.2, 0.25) is 0 Å². The Bertz CT molecular complexity index is 702. The average molecular weight is 362 g/mol. The summed E-state index contributed by atoms with van der Waals surface area (Å²) >= 11 is 1.62. The van der Waals surface area contributed by atoms with E-state index in [2.05, 4.69) is 31.6 Å². The van der Waals surface area contributed by atoms with Crippen molar-refractivity contribution in [2.24, 2.45) is 4.99 Å². The molecule has 1 atom stereocenters. The Hall–Kier alpha value is -2.12. The molecule has 0 aliphatic rings. The average Bonchev–Trinajstić information content (AvgIpc) is 3.10. The number of benzene rings is 1. The van der Waals surface area contributed by atoms with E-state index in [4.69, 9.17) is 9.47 Å². The fourth-order valence-electron chi connectivity index (χ4n) is 2.35. The number of guanidine groups is 1. The first kappa shape index (κ1) is 19.2. The van der Waals surface area contributed by atoms with Crippen molar-refractivity contribution in [2.45, 2.75) is 26.1 Å². The van der Waals surface area contributed by atoms with E-state index in [1.54, 1.807) is 32.6 Å². The fraction of sp³-hybridized carbons (Fsp3) is 0.444. The molecule has 0 saturated carbocycles. The van der Waals surface area contributed by atoms with Crippen LogP contribution in [0, 0.1) is 0 Å². The van der Waals surface area contributed by atoms with Crippen LogP contribution in [0.5, 0.6) is 5.75 Å². The summed E-state index contributed by atoms with van der Waals surface area (Å²) in [5.41, 5.74) is 2.15. The lowest BCUT2D eigenvalue weighted by atomic mass is 10.2. The van der Waals surface area contributed by atoms with Crippen LogP contribution in [0.25, 0.3) is 0 Å². The minimum atomic E-state index is 0.0227. The van der Waals surface area contributed by atoms with E-state index >= 15 is 0 Å². The monoisotopic (exact) mass is 362 g/mol. The summed E-state index contributed by atoms with van der Waals surface area (Å²) < 4.78 is 10.6. The van der Waals surface area contributed by atoms with Crippen molar-refractivity contribution in [1.82, 2.24) is 15.2 Å². The highest BCUT2D eigenvalue weighted by atomic mass is 32.1. The van der Waals surface area contributed by atoms with Crippen LogP contribution in [0.3, 0.4) is 0 Å². The van der Waals surface area contributed by atoms with Crippen LogP contribution in [0.2, 0.25) is 0 Å². The number of aliphatic imine (C=N–C) groups is 1. The lowest BCUT2D eigenvalue weighted by Crippen LogP contribution is -2.38. The van der Waals surface area contributed by atoms with E-state index < -0.39 is 0 Å². The summed E-state index contributed by atoms with van der Waals surface area (Å²) in [6.07, 6.45) is 0.0227. The van der Waals surface area contributed by atoms with Gasteiger partial charge in [-0.25, -0.2) is 4.98 Å². The minimum absolute atomic E-state index is 0.0227. The molecule has 1 aromatic heterocycles. The maximum Gasteiger partial charge on any atom is 0.194 e. The summed E-state index contributed by atoms with van der Waals surface area (Å²) in [6, 6.07) is 7.99. The summed E-state index contributed by atoms with van der Waals surface area (Å²) in [4.78, 5) is 11.0. The molecule has 0 amide bonds. The smallest absolute Gasteiger partial charge is 0.194 e. The predicted octanol–water partition coefficient (Wildman–Crippen LogP) is 3.07. The highest BCUT2D eigenvalue weighted by molar-refractivity contribution is 7.09. The van der Waals surface area contributed by atoms with Gasteiger partial charge in [-0.15, -0.1) is 11.3 Å². The molecular formula is C18H26N4O2S. The molecule has 1 N–H and O–H groups in total. The molecular weight excluding hydrogens is 336 g/mol. The molecule has 7 heteroatoms. The van der Waals surface area contributed by atoms with Crippen molar-refractivity contribution in [3.05, 3.63) is 45.9 Å². The van der Waals surface area contributed by atoms with Crippen molar-refractivity contribution < 1.29 is 9.47 Å². The molecule has 0 saturated heterocycles. The molecule has 6 nitrogen and oxygen atoms in total. The first-order chi connectivity index (χ1) is 12.1. The number of ether oxygens (including phenoxy) is 2. The van der Waals surface area contributed by atoms with E-state index in [0.29, 0.717) is 13.1 Å². The third-order valence-electron chi connectivity index (χ3n) is 3.83. The third-order valence-corrected chi connectivity index (χ3v) is 4.88. The molecule has 1 aromatic carbocycles. The van der Waals surface area contributed by atoms with Crippen LogP contribution >= 0.6 is 11.3 Å². The number of nitrogens with one attached hydrogen (secondary N) is 1. The van der Waals surface area contributed by atoms with Gasteiger partial charge >= 0.3 is 0 Å². The Morgan fingerprint density at radius 3 is 2.88 bits per heavy atom. The number of rotatable bonds is 7. The van der Waals surface area contributed by atoms with Crippen LogP contribution < -0.4 is 10.1 Å². The Morgan fingerprint density at radius 1 is 1.40 bits per heavy atom. The molecule has 0 fully saturated rings. The summed E-state index contributed by atoms with van der Waals surface area (Å²) in [5.74, 6) is 1.67. The van der Waals surface area contributed by atoms with Gasteiger partial charge in [0.05, 0.1) is 19.3 Å². The molecule has 0 radical (unpaired) electrons. The van der Waals surface area contributed by atoms with Crippen molar-refractivity contribution in [3.63, 3.8) is 0 Å². The predicted molar refractivity (Wildman–Crippen MR) is 102 cm³/mol. The van der Waals surface area contributed by atoms with E-state index in [1.807, 2.05) is 32.2 Å². The van der Waals surface area contributed by atoms with Gasteiger partial charge < -0.3 is 19.7 Å². The quantitative estimate of drug-likeness (QED) is 0.606. The van der Waals surface area contributed by atoms with Crippen LogP contribution in [0.4, 0.5) is 0 Å². The van der Waals surface area contributed by atoms with Crippen molar-refractivity contribution in [2.75, 3.05) is 28.3 Å². The van der Waals surface area contributed by atoms with Crippen LogP contribution in [-0.2, 0) is 17.8 Å². The van der Waals surface area contributed by atoms with Gasteiger partial charge in [-0.1, -0.05) is 12.1 Å². The number of hydrogen-bond acceptors (Lipinski definition) is 5. The molecule has 1 unspecified atom stereocenters. The van der Waals surface area contributed by atoms with Gasteiger partial charge in [0.25, 0.3) is 0 Å². The van der Waals surface area contributed by atoms with E-state index in [9.17, 15) is 0 Å². The zero-order valence-electron chi connectivity index (χ0n) is 15.4. The summed E-state index contributed by atoms with van der Waals surface area (Å²) in [7, 11) is 7.15. The topological polar surface area (TPSA) is 59.0 Å². The van der Waals surface area contributed by atoms with Gasteiger partial charge in [0.15, 0.2) is 5.96 Å². The van der Waals surface area contributed by atoms with E-state index in [-0.39, 0.29) is 6.10 Å². The summed E-state index contributed by atoms with van der Waals surface area (Å²) in [5, 5.41) is 6.43. The molecule has 2 aromatic rings. The normalized spacial score (nSPS) is 12.8. The number of nitrogens with zero attached hydrogens (tertiary/aromatic N) is 3. The lowest BCUT2D eigenvalue weighted by molar-refractivity contribution is 0.119. The minimum Gasteiger partial charge on any atom is -0.497 e. The molecule has 1 heterocycles. The maximum atomic E-state index is 5.32. The van der Waals surface area contributed by atoms with E-state index in [1.165, 1.54) is 0 Å². The van der Waals surface area contributed by atoms with Crippen LogP contribution in [-0.4, -0.2) is 44.2 Å². The highest BCUT2D eigenvalue weighted by Crippen LogP contribution is 2.21. The van der Waals surface area contributed by atoms with Crippen molar-refractivity contribution in [3.8, 4) is 5.75 Å². The highest BCUT2D eigenvalue weighted by Gasteiger charge is 2.12. The third kappa shape index (κ3) is 5.44. The Labute approximate surface area is 153 Å². The zero-order valence-corrected chi connectivity index (χ0v) is 16.3. The maximum absolute atomic E-state index is 5.32. The molecule has 0 aliphatic heterocycles. The Morgan fingerprint density at radius 2 is 2.20 bits per heavy atom. The second kappa shape index (κ2) is 9.39. The largest absolute Gasteiger partial charge is 0.497 e. The second-order valence-electron chi connectivity index (χ2n) is 5.66. The first-order valence-corrected chi connectivity index (χ1v) is 8.97. The molecule has 25 heavy (non-hydrogen) atoms. The molecule has 0 aliphatic carbocycles. The number of methoxy groups -OCH3 is 2. The lowest BCUT2D eigenvalue weighted by Gasteiger charge is -2.21. The Kier molecular flexibility index (Phi) is 7.21. The van der Waals surface area contributed by atoms with Gasteiger partial charge in [-0.3, -0.25) is 4.99 Å². The number of thiazole rings is 1. The van der Waals surface area contributed by atoms with Crippen molar-refractivity contribution >= 4 is 17.3 Å². The molecule has 136 valence electrons. The van der Waals surface area contributed by atoms with Gasteiger partial charge in [0, 0.05) is 33.1 Å². The second-order valence-corrected chi connectivity index (χ2v) is 6.55. The Balaban J connectivity index is 1.94. The molecule has 2 rings (SSSR count). The van der Waals surface area contributed by atoms with Crippen LogP contribution in [0.1, 0.15) is 29.3 Å². The standard InChI is InChI=1S/C18H26N4O2S/c1-13(23-4)17-21-15(12-25-17)11-22(3)18(19-2)20-10-14-7-6-8-16(9-14)24-5/h6-9,12-13H,10-11H2,1-5H3,(H,19,20). The van der Waals surface area contributed by atoms with Gasteiger partial charge in [-0.2, -0.15) is 0 Å². The zero-order chi connectivity index (χ0) is 18.2. The fourth-order valence-corrected chi connectivity index (χ4v) is 3.19. The van der Waals surface area contributed by atoms with Gasteiger partial charge in [-0.05, 0) is 24.6 Å². The number of aromatic nitrogens is 1.